The van der Waals surface area contributed by atoms with Gasteiger partial charge in [0, 0.05) is 11.7 Å². The van der Waals surface area contributed by atoms with Crippen LogP contribution in [0.1, 0.15) is 49.9 Å². The van der Waals surface area contributed by atoms with Crippen molar-refractivity contribution in [3.05, 3.63) is 28.8 Å². The van der Waals surface area contributed by atoms with Crippen molar-refractivity contribution in [1.82, 2.24) is 0 Å². The van der Waals surface area contributed by atoms with Gasteiger partial charge in [0.1, 0.15) is 0 Å². The Morgan fingerprint density at radius 3 is 2.72 bits per heavy atom. The van der Waals surface area contributed by atoms with E-state index in [9.17, 15) is 4.79 Å². The molecule has 1 atom stereocenters. The van der Waals surface area contributed by atoms with Gasteiger partial charge < -0.3 is 11.1 Å². The molecular formula is C14H21ClN2O. The van der Waals surface area contributed by atoms with Gasteiger partial charge in [0.05, 0.1) is 10.6 Å². The number of primary amides is 1. The number of amides is 1. The molecule has 100 valence electrons. The van der Waals surface area contributed by atoms with Gasteiger partial charge in [-0.3, -0.25) is 4.79 Å². The summed E-state index contributed by atoms with van der Waals surface area (Å²) in [5.74, 6) is -0.498. The number of anilines is 1. The molecule has 1 rings (SSSR count). The van der Waals surface area contributed by atoms with Gasteiger partial charge in [0.25, 0.3) is 0 Å². The maximum absolute atomic E-state index is 11.0. The van der Waals surface area contributed by atoms with Crippen LogP contribution >= 0.6 is 11.6 Å². The van der Waals surface area contributed by atoms with Crippen molar-refractivity contribution in [2.24, 2.45) is 5.73 Å². The topological polar surface area (TPSA) is 55.1 Å². The number of nitrogens with two attached hydrogens (primary N) is 1. The van der Waals surface area contributed by atoms with Crippen molar-refractivity contribution in [2.75, 3.05) is 5.32 Å². The quantitative estimate of drug-likeness (QED) is 0.739. The Morgan fingerprint density at radius 2 is 2.17 bits per heavy atom. The highest BCUT2D eigenvalue weighted by Crippen LogP contribution is 2.21. The molecule has 3 N–H and O–H groups in total. The Bertz CT molecular complexity index is 407. The van der Waals surface area contributed by atoms with Crippen LogP contribution in [-0.4, -0.2) is 11.9 Å². The Balaban J connectivity index is 2.57. The molecule has 1 aromatic carbocycles. The molecule has 18 heavy (non-hydrogen) atoms. The Kier molecular flexibility index (Phi) is 5.99. The fourth-order valence-electron chi connectivity index (χ4n) is 1.86. The molecule has 0 aromatic heterocycles. The van der Waals surface area contributed by atoms with E-state index in [0.717, 1.165) is 12.1 Å². The van der Waals surface area contributed by atoms with E-state index in [0.29, 0.717) is 16.6 Å². The lowest BCUT2D eigenvalue weighted by atomic mass is 10.1. The van der Waals surface area contributed by atoms with Gasteiger partial charge in [-0.25, -0.2) is 0 Å². The van der Waals surface area contributed by atoms with E-state index in [-0.39, 0.29) is 0 Å². The van der Waals surface area contributed by atoms with Gasteiger partial charge >= 0.3 is 0 Å². The third-order valence-corrected chi connectivity index (χ3v) is 3.20. The highest BCUT2D eigenvalue weighted by Gasteiger charge is 2.08. The Morgan fingerprint density at radius 1 is 1.44 bits per heavy atom. The lowest BCUT2D eigenvalue weighted by molar-refractivity contribution is 0.100. The van der Waals surface area contributed by atoms with Crippen molar-refractivity contribution in [3.8, 4) is 0 Å². The highest BCUT2D eigenvalue weighted by molar-refractivity contribution is 6.34. The number of hydrogen-bond acceptors (Lipinski definition) is 2. The first-order valence-corrected chi connectivity index (χ1v) is 6.78. The summed E-state index contributed by atoms with van der Waals surface area (Å²) in [7, 11) is 0. The first-order chi connectivity index (χ1) is 8.54. The largest absolute Gasteiger partial charge is 0.383 e. The molecule has 0 aliphatic rings. The van der Waals surface area contributed by atoms with Crippen LogP contribution in [0.25, 0.3) is 0 Å². The summed E-state index contributed by atoms with van der Waals surface area (Å²) in [5, 5.41) is 3.77. The molecule has 1 amide bonds. The van der Waals surface area contributed by atoms with Crippen LogP contribution in [0.2, 0.25) is 5.02 Å². The van der Waals surface area contributed by atoms with Crippen LogP contribution < -0.4 is 11.1 Å². The third kappa shape index (κ3) is 4.57. The number of nitrogens with one attached hydrogen (secondary N) is 1. The summed E-state index contributed by atoms with van der Waals surface area (Å²) < 4.78 is 0. The number of carbonyl (C=O) groups excluding carboxylic acids is 1. The minimum atomic E-state index is -0.498. The van der Waals surface area contributed by atoms with Crippen molar-refractivity contribution >= 4 is 23.2 Å². The van der Waals surface area contributed by atoms with Crippen LogP contribution in [0.15, 0.2) is 18.2 Å². The van der Waals surface area contributed by atoms with E-state index >= 15 is 0 Å². The fourth-order valence-corrected chi connectivity index (χ4v) is 2.14. The standard InChI is InChI=1S/C14H21ClN2O/c1-3-4-5-6-10(2)17-11-7-8-12(14(16)18)13(15)9-11/h7-10,17H,3-6H2,1-2H3,(H2,16,18). The zero-order valence-electron chi connectivity index (χ0n) is 11.0. The van der Waals surface area contributed by atoms with E-state index in [2.05, 4.69) is 19.2 Å². The summed E-state index contributed by atoms with van der Waals surface area (Å²) in [6, 6.07) is 5.64. The Labute approximate surface area is 114 Å². The fraction of sp³-hybridized carbons (Fsp3) is 0.500. The SMILES string of the molecule is CCCCCC(C)Nc1ccc(C(N)=O)c(Cl)c1. The summed E-state index contributed by atoms with van der Waals surface area (Å²) in [6.07, 6.45) is 4.83. The van der Waals surface area contributed by atoms with Crippen LogP contribution in [0.4, 0.5) is 5.69 Å². The number of rotatable bonds is 7. The van der Waals surface area contributed by atoms with Gasteiger partial charge in [-0.2, -0.15) is 0 Å². The number of unbranched alkanes of at least 4 members (excludes halogenated alkanes) is 2. The zero-order valence-corrected chi connectivity index (χ0v) is 11.8. The molecule has 0 aliphatic carbocycles. The van der Waals surface area contributed by atoms with E-state index in [1.807, 2.05) is 6.07 Å². The molecule has 0 bridgehead atoms. The maximum Gasteiger partial charge on any atom is 0.250 e. The van der Waals surface area contributed by atoms with Crippen LogP contribution in [-0.2, 0) is 0 Å². The Hall–Kier alpha value is -1.22. The monoisotopic (exact) mass is 268 g/mol. The van der Waals surface area contributed by atoms with Gasteiger partial charge in [-0.1, -0.05) is 37.8 Å². The minimum absolute atomic E-state index is 0.362. The van der Waals surface area contributed by atoms with Crippen molar-refractivity contribution in [3.63, 3.8) is 0 Å². The van der Waals surface area contributed by atoms with Gasteiger partial charge in [-0.15, -0.1) is 0 Å². The molecular weight excluding hydrogens is 248 g/mol. The molecule has 3 nitrogen and oxygen atoms in total. The maximum atomic E-state index is 11.0. The average Bonchev–Trinajstić information content (AvgIpc) is 2.28. The van der Waals surface area contributed by atoms with Crippen molar-refractivity contribution in [2.45, 2.75) is 45.6 Å². The molecule has 0 radical (unpaired) electrons. The first-order valence-electron chi connectivity index (χ1n) is 6.40. The second-order valence-corrected chi connectivity index (χ2v) is 5.01. The van der Waals surface area contributed by atoms with Gasteiger partial charge in [0.15, 0.2) is 0 Å². The van der Waals surface area contributed by atoms with Gasteiger partial charge in [0.2, 0.25) is 5.91 Å². The van der Waals surface area contributed by atoms with E-state index in [4.69, 9.17) is 17.3 Å². The molecule has 0 aliphatic heterocycles. The van der Waals surface area contributed by atoms with Crippen molar-refractivity contribution < 1.29 is 4.79 Å². The number of hydrogen-bond donors (Lipinski definition) is 2. The van der Waals surface area contributed by atoms with Crippen LogP contribution in [0, 0.1) is 0 Å². The number of halogens is 1. The number of benzene rings is 1. The molecule has 0 saturated heterocycles. The predicted octanol–water partition coefficient (Wildman–Crippen LogP) is 3.82. The smallest absolute Gasteiger partial charge is 0.250 e. The van der Waals surface area contributed by atoms with E-state index < -0.39 is 5.91 Å². The molecule has 4 heteroatoms. The van der Waals surface area contributed by atoms with E-state index in [1.165, 1.54) is 19.3 Å². The molecule has 0 spiro atoms. The summed E-state index contributed by atoms with van der Waals surface area (Å²) >= 11 is 5.99. The van der Waals surface area contributed by atoms with Crippen molar-refractivity contribution in [1.29, 1.82) is 0 Å². The summed E-state index contributed by atoms with van der Waals surface area (Å²) in [6.45, 7) is 4.34. The average molecular weight is 269 g/mol. The normalized spacial score (nSPS) is 12.2. The molecule has 1 unspecified atom stereocenters. The van der Waals surface area contributed by atoms with Gasteiger partial charge in [-0.05, 0) is 31.5 Å². The highest BCUT2D eigenvalue weighted by atomic mass is 35.5. The second-order valence-electron chi connectivity index (χ2n) is 4.60. The predicted molar refractivity (Wildman–Crippen MR) is 77.2 cm³/mol. The minimum Gasteiger partial charge on any atom is -0.383 e. The lowest BCUT2D eigenvalue weighted by Crippen LogP contribution is -2.16. The van der Waals surface area contributed by atoms with Crippen LogP contribution in [0.3, 0.4) is 0 Å². The molecule has 0 heterocycles. The summed E-state index contributed by atoms with van der Waals surface area (Å²) in [5.41, 5.74) is 6.49. The molecule has 0 fully saturated rings. The lowest BCUT2D eigenvalue weighted by Gasteiger charge is -2.15. The molecule has 0 saturated carbocycles. The molecule has 1 aromatic rings. The number of carbonyl (C=O) groups is 1. The zero-order chi connectivity index (χ0) is 13.5. The summed E-state index contributed by atoms with van der Waals surface area (Å²) in [4.78, 5) is 11.0. The second kappa shape index (κ2) is 7.27. The van der Waals surface area contributed by atoms with Crippen LogP contribution in [0.5, 0.6) is 0 Å². The van der Waals surface area contributed by atoms with E-state index in [1.54, 1.807) is 12.1 Å². The first kappa shape index (κ1) is 14.8. The third-order valence-electron chi connectivity index (χ3n) is 2.89.